The van der Waals surface area contributed by atoms with Crippen molar-refractivity contribution in [1.29, 1.82) is 5.26 Å². The van der Waals surface area contributed by atoms with Crippen LogP contribution in [-0.4, -0.2) is 26.9 Å². The first-order chi connectivity index (χ1) is 11.3. The van der Waals surface area contributed by atoms with Crippen LogP contribution in [0.15, 0.2) is 36.5 Å². The van der Waals surface area contributed by atoms with E-state index in [-0.39, 0.29) is 47.3 Å². The van der Waals surface area contributed by atoms with Gasteiger partial charge in [0.2, 0.25) is 0 Å². The number of carboxylic acid groups (broad SMARTS) is 1. The van der Waals surface area contributed by atoms with Crippen molar-refractivity contribution in [2.24, 2.45) is 0 Å². The number of hydrogen-bond donors (Lipinski definition) is 2. The lowest BCUT2D eigenvalue weighted by molar-refractivity contribution is -0.136. The highest BCUT2D eigenvalue weighted by atomic mass is 16.4. The monoisotopic (exact) mass is 298 g/mol. The summed E-state index contributed by atoms with van der Waals surface area (Å²) in [4.78, 5) is 26.2. The molecule has 0 bridgehead atoms. The zero-order valence-electron chi connectivity index (χ0n) is 13.3. The van der Waals surface area contributed by atoms with Crippen molar-refractivity contribution in [3.63, 3.8) is 0 Å². The van der Waals surface area contributed by atoms with Crippen LogP contribution in [0.4, 0.5) is 0 Å². The Hall–Kier alpha value is -3.20. The first-order valence-electron chi connectivity index (χ1n) is 7.29. The molecule has 1 aromatic heterocycles. The minimum Gasteiger partial charge on any atom is -0.506 e. The molecule has 0 atom stereocenters. The maximum atomic E-state index is 11.8. The summed E-state index contributed by atoms with van der Waals surface area (Å²) in [6.07, 6.45) is 0.576. The molecule has 0 fully saturated rings. The predicted molar refractivity (Wildman–Crippen MR) is 77.3 cm³/mol. The number of nitriles is 1. The lowest BCUT2D eigenvalue weighted by atomic mass is 10.0. The van der Waals surface area contributed by atoms with Gasteiger partial charge in [-0.25, -0.2) is 4.98 Å². The largest absolute Gasteiger partial charge is 0.506 e. The molecule has 1 heterocycles. The third-order valence-corrected chi connectivity index (χ3v) is 2.85. The summed E-state index contributed by atoms with van der Waals surface area (Å²) in [5.41, 5.74) is 0.261. The molecular formula is C16H12N2O4. The van der Waals surface area contributed by atoms with Crippen molar-refractivity contribution >= 4 is 11.8 Å². The van der Waals surface area contributed by atoms with E-state index in [4.69, 9.17) is 13.1 Å². The Balaban J connectivity index is 2.41. The van der Waals surface area contributed by atoms with Crippen molar-refractivity contribution in [3.8, 4) is 22.9 Å². The summed E-state index contributed by atoms with van der Waals surface area (Å²) in [5, 5.41) is 27.5. The zero-order chi connectivity index (χ0) is 17.9. The maximum absolute atomic E-state index is 11.8. The number of Topliss-reactive ketones (excluding diaryl/α,β-unsaturated/α-hetero) is 1. The minimum atomic E-state index is -1.13. The lowest BCUT2D eigenvalue weighted by Crippen LogP contribution is -2.06. The molecule has 0 saturated heterocycles. The van der Waals surface area contributed by atoms with Crippen molar-refractivity contribution in [1.82, 2.24) is 4.98 Å². The molecule has 0 saturated carbocycles. The van der Waals surface area contributed by atoms with Crippen molar-refractivity contribution < 1.29 is 22.5 Å². The highest BCUT2D eigenvalue weighted by Gasteiger charge is 2.15. The van der Waals surface area contributed by atoms with Crippen LogP contribution in [0.2, 0.25) is 0 Å². The molecule has 2 aromatic rings. The first-order valence-corrected chi connectivity index (χ1v) is 6.29. The van der Waals surface area contributed by atoms with E-state index < -0.39 is 17.5 Å². The van der Waals surface area contributed by atoms with E-state index in [0.29, 0.717) is 0 Å². The topological polar surface area (TPSA) is 111 Å². The SMILES string of the molecule is [2H]c1cc(C#N)c([2H])c(-c2cnc(C(=O)CCC(=O)O)c(O)c2)c1. The number of aromatic hydroxyl groups is 1. The number of ketones is 1. The van der Waals surface area contributed by atoms with E-state index in [1.165, 1.54) is 24.4 Å². The van der Waals surface area contributed by atoms with Gasteiger partial charge >= 0.3 is 5.97 Å². The molecular weight excluding hydrogens is 284 g/mol. The van der Waals surface area contributed by atoms with Gasteiger partial charge in [-0.15, -0.1) is 0 Å². The molecule has 6 heteroatoms. The average Bonchev–Trinajstić information content (AvgIpc) is 2.54. The Kier molecular flexibility index (Phi) is 3.70. The van der Waals surface area contributed by atoms with Gasteiger partial charge in [-0.05, 0) is 23.7 Å². The molecule has 2 rings (SSSR count). The van der Waals surface area contributed by atoms with E-state index in [1.807, 2.05) is 6.07 Å². The summed E-state index contributed by atoms with van der Waals surface area (Å²) < 4.78 is 15.6. The number of aromatic nitrogens is 1. The quantitative estimate of drug-likeness (QED) is 0.820. The van der Waals surface area contributed by atoms with Gasteiger partial charge in [0.15, 0.2) is 5.78 Å². The fourth-order valence-corrected chi connectivity index (χ4v) is 1.80. The number of carboxylic acids is 1. The standard InChI is InChI=1S/C16H12N2O4/c17-8-10-2-1-3-11(6-10)12-7-14(20)16(18-9-12)13(19)4-5-15(21)22/h1-3,6-7,9,20H,4-5H2,(H,21,22)/i1D,6D. The van der Waals surface area contributed by atoms with E-state index in [9.17, 15) is 14.7 Å². The maximum Gasteiger partial charge on any atom is 0.303 e. The summed E-state index contributed by atoms with van der Waals surface area (Å²) in [6.45, 7) is 0. The van der Waals surface area contributed by atoms with Gasteiger partial charge in [0, 0.05) is 18.2 Å². The number of benzene rings is 1. The summed E-state index contributed by atoms with van der Waals surface area (Å²) in [6, 6.07) is 5.54. The smallest absolute Gasteiger partial charge is 0.303 e. The lowest BCUT2D eigenvalue weighted by Gasteiger charge is -2.06. The summed E-state index contributed by atoms with van der Waals surface area (Å²) in [5.74, 6) is -2.19. The van der Waals surface area contributed by atoms with Gasteiger partial charge in [-0.1, -0.05) is 12.1 Å². The van der Waals surface area contributed by atoms with Crippen molar-refractivity contribution in [2.45, 2.75) is 12.8 Å². The fourth-order valence-electron chi connectivity index (χ4n) is 1.80. The highest BCUT2D eigenvalue weighted by Crippen LogP contribution is 2.26. The van der Waals surface area contributed by atoms with Crippen LogP contribution in [0.3, 0.4) is 0 Å². The summed E-state index contributed by atoms with van der Waals surface area (Å²) >= 11 is 0. The number of carbonyl (C=O) groups is 2. The van der Waals surface area contributed by atoms with E-state index in [0.717, 1.165) is 0 Å². The van der Waals surface area contributed by atoms with Crippen LogP contribution in [0.1, 0.15) is 31.6 Å². The van der Waals surface area contributed by atoms with Crippen molar-refractivity contribution in [3.05, 3.63) is 47.7 Å². The van der Waals surface area contributed by atoms with E-state index in [2.05, 4.69) is 4.98 Å². The first kappa shape index (κ1) is 12.5. The van der Waals surface area contributed by atoms with E-state index >= 15 is 0 Å². The molecule has 22 heavy (non-hydrogen) atoms. The second-order valence-electron chi connectivity index (χ2n) is 4.43. The van der Waals surface area contributed by atoms with Crippen LogP contribution in [0.5, 0.6) is 5.75 Å². The van der Waals surface area contributed by atoms with Gasteiger partial charge in [-0.2, -0.15) is 5.26 Å². The zero-order valence-corrected chi connectivity index (χ0v) is 11.3. The predicted octanol–water partition coefficient (Wildman–Crippen LogP) is 2.37. The Labute approximate surface area is 129 Å². The van der Waals surface area contributed by atoms with Gasteiger partial charge in [0.05, 0.1) is 20.8 Å². The molecule has 0 unspecified atom stereocenters. The average molecular weight is 298 g/mol. The molecule has 0 spiro atoms. The number of nitrogens with zero attached hydrogens (tertiary/aromatic N) is 2. The molecule has 1 aromatic carbocycles. The number of pyridine rings is 1. The number of rotatable bonds is 5. The fraction of sp³-hybridized carbons (Fsp3) is 0.125. The molecule has 0 aliphatic rings. The van der Waals surface area contributed by atoms with Crippen molar-refractivity contribution in [2.75, 3.05) is 0 Å². The second-order valence-corrected chi connectivity index (χ2v) is 4.43. The highest BCUT2D eigenvalue weighted by molar-refractivity contribution is 5.98. The Morgan fingerprint density at radius 2 is 2.09 bits per heavy atom. The normalized spacial score (nSPS) is 11.2. The van der Waals surface area contributed by atoms with Gasteiger partial charge in [0.25, 0.3) is 0 Å². The number of aliphatic carboxylic acids is 1. The Bertz CT molecular complexity index is 875. The molecule has 0 radical (unpaired) electrons. The molecule has 0 amide bonds. The molecule has 0 aliphatic carbocycles. The number of carbonyl (C=O) groups excluding carboxylic acids is 1. The summed E-state index contributed by atoms with van der Waals surface area (Å²) in [7, 11) is 0. The van der Waals surface area contributed by atoms with Gasteiger partial charge in [-0.3, -0.25) is 9.59 Å². The van der Waals surface area contributed by atoms with Crippen LogP contribution < -0.4 is 0 Å². The second kappa shape index (κ2) is 6.50. The third kappa shape index (κ3) is 3.46. The van der Waals surface area contributed by atoms with Crippen LogP contribution in [0, 0.1) is 11.3 Å². The third-order valence-electron chi connectivity index (χ3n) is 2.85. The van der Waals surface area contributed by atoms with E-state index in [1.54, 1.807) is 0 Å². The van der Waals surface area contributed by atoms with Crippen LogP contribution in [-0.2, 0) is 4.79 Å². The van der Waals surface area contributed by atoms with Crippen LogP contribution in [0.25, 0.3) is 11.1 Å². The molecule has 110 valence electrons. The molecule has 0 aliphatic heterocycles. The Morgan fingerprint density at radius 3 is 2.73 bits per heavy atom. The van der Waals surface area contributed by atoms with Crippen LogP contribution >= 0.6 is 0 Å². The van der Waals surface area contributed by atoms with Gasteiger partial charge in [0.1, 0.15) is 11.4 Å². The van der Waals surface area contributed by atoms with Gasteiger partial charge < -0.3 is 10.2 Å². The Morgan fingerprint density at radius 1 is 1.32 bits per heavy atom. The molecule has 6 nitrogen and oxygen atoms in total. The molecule has 2 N–H and O–H groups in total. The minimum absolute atomic E-state index is 0.0126. The number of hydrogen-bond acceptors (Lipinski definition) is 5.